The number of aromatic hydroxyl groups is 1. The molecule has 0 radical (unpaired) electrons. The van der Waals surface area contributed by atoms with Gasteiger partial charge in [-0.2, -0.15) is 0 Å². The number of phenolic OH excluding ortho intramolecular Hbond substituents is 1. The van der Waals surface area contributed by atoms with Crippen molar-refractivity contribution in [2.75, 3.05) is 7.11 Å². The zero-order chi connectivity index (χ0) is 28.9. The molecule has 5 aromatic rings. The molecule has 1 heterocycles. The predicted octanol–water partition coefficient (Wildman–Crippen LogP) is 7.13. The highest BCUT2D eigenvalue weighted by Crippen LogP contribution is 2.28. The molecule has 1 aromatic heterocycles. The molecule has 208 valence electrons. The number of carbonyl (C=O) groups is 2. The number of carbonyl (C=O) groups excluding carboxylic acids is 2. The predicted molar refractivity (Wildman–Crippen MR) is 156 cm³/mol. The number of benzene rings is 4. The van der Waals surface area contributed by atoms with Gasteiger partial charge in [-0.15, -0.1) is 5.06 Å². The summed E-state index contributed by atoms with van der Waals surface area (Å²) < 4.78 is 11.0. The van der Waals surface area contributed by atoms with Crippen molar-refractivity contribution in [3.8, 4) is 16.9 Å². The van der Waals surface area contributed by atoms with E-state index in [0.717, 1.165) is 33.2 Å². The number of aryl methyl sites for hydroxylation is 1. The summed E-state index contributed by atoms with van der Waals surface area (Å²) in [6, 6.07) is 27.9. The number of rotatable bonds is 9. The van der Waals surface area contributed by atoms with Crippen molar-refractivity contribution in [2.24, 2.45) is 0 Å². The molecule has 7 nitrogen and oxygen atoms in total. The van der Waals surface area contributed by atoms with Crippen LogP contribution >= 0.6 is 11.6 Å². The third kappa shape index (κ3) is 6.77. The van der Waals surface area contributed by atoms with Crippen LogP contribution in [0.25, 0.3) is 22.1 Å². The Morgan fingerprint density at radius 2 is 1.54 bits per heavy atom. The molecule has 0 aliphatic rings. The van der Waals surface area contributed by atoms with Gasteiger partial charge in [0.2, 0.25) is 5.76 Å². The van der Waals surface area contributed by atoms with Gasteiger partial charge < -0.3 is 19.1 Å². The first kappa shape index (κ1) is 28.0. The SMILES string of the molecule is COC(=O)[C@H](Cc1ccc(O)cc1)N(Cc1ccc(C)cc1)OC(=O)c1cc2ccc(-c3ccc(Cl)cc3)cc2o1. The van der Waals surface area contributed by atoms with Gasteiger partial charge in [0.15, 0.2) is 0 Å². The minimum atomic E-state index is -0.962. The lowest BCUT2D eigenvalue weighted by Crippen LogP contribution is -2.44. The fourth-order valence-corrected chi connectivity index (χ4v) is 4.60. The first-order chi connectivity index (χ1) is 19.8. The van der Waals surface area contributed by atoms with Gasteiger partial charge >= 0.3 is 11.9 Å². The molecule has 8 heteroatoms. The van der Waals surface area contributed by atoms with E-state index in [2.05, 4.69) is 0 Å². The number of methoxy groups -OCH3 is 1. The third-order valence-electron chi connectivity index (χ3n) is 6.74. The van der Waals surface area contributed by atoms with Crippen molar-refractivity contribution in [2.45, 2.75) is 25.9 Å². The van der Waals surface area contributed by atoms with Crippen molar-refractivity contribution < 1.29 is 28.7 Å². The van der Waals surface area contributed by atoms with Gasteiger partial charge in [-0.1, -0.05) is 77.8 Å². The molecule has 0 amide bonds. The minimum absolute atomic E-state index is 0.00425. The van der Waals surface area contributed by atoms with Crippen molar-refractivity contribution in [3.05, 3.63) is 125 Å². The Balaban J connectivity index is 1.44. The van der Waals surface area contributed by atoms with Gasteiger partial charge in [0.25, 0.3) is 0 Å². The zero-order valence-electron chi connectivity index (χ0n) is 22.5. The van der Waals surface area contributed by atoms with E-state index < -0.39 is 18.0 Å². The first-order valence-electron chi connectivity index (χ1n) is 13.0. The third-order valence-corrected chi connectivity index (χ3v) is 7.00. The lowest BCUT2D eigenvalue weighted by molar-refractivity contribution is -0.178. The van der Waals surface area contributed by atoms with Crippen LogP contribution < -0.4 is 0 Å². The molecule has 0 aliphatic carbocycles. The summed E-state index contributed by atoms with van der Waals surface area (Å²) >= 11 is 6.02. The number of fused-ring (bicyclic) bond motifs is 1. The maximum atomic E-state index is 13.4. The number of hydrogen-bond acceptors (Lipinski definition) is 7. The van der Waals surface area contributed by atoms with Gasteiger partial charge in [0.05, 0.1) is 13.7 Å². The van der Waals surface area contributed by atoms with Gasteiger partial charge in [0.1, 0.15) is 17.4 Å². The second-order valence-electron chi connectivity index (χ2n) is 9.72. The lowest BCUT2D eigenvalue weighted by Gasteiger charge is -2.28. The second-order valence-corrected chi connectivity index (χ2v) is 10.2. The van der Waals surface area contributed by atoms with Gasteiger partial charge in [0, 0.05) is 16.8 Å². The van der Waals surface area contributed by atoms with E-state index in [0.29, 0.717) is 10.6 Å². The largest absolute Gasteiger partial charge is 0.508 e. The molecule has 0 unspecified atom stereocenters. The summed E-state index contributed by atoms with van der Waals surface area (Å²) in [6.45, 7) is 2.11. The number of halogens is 1. The van der Waals surface area contributed by atoms with Gasteiger partial charge in [-0.25, -0.2) is 4.79 Å². The summed E-state index contributed by atoms with van der Waals surface area (Å²) in [5.74, 6) is -1.22. The second kappa shape index (κ2) is 12.3. The van der Waals surface area contributed by atoms with E-state index in [1.54, 1.807) is 18.2 Å². The highest BCUT2D eigenvalue weighted by molar-refractivity contribution is 6.30. The molecule has 0 saturated heterocycles. The fraction of sp³-hybridized carbons (Fsp3) is 0.152. The molecular weight excluding hydrogens is 542 g/mol. The van der Waals surface area contributed by atoms with E-state index in [1.807, 2.05) is 73.7 Å². The minimum Gasteiger partial charge on any atom is -0.508 e. The van der Waals surface area contributed by atoms with Crippen molar-refractivity contribution >= 4 is 34.5 Å². The summed E-state index contributed by atoms with van der Waals surface area (Å²) in [4.78, 5) is 32.2. The van der Waals surface area contributed by atoms with Crippen LogP contribution in [0.4, 0.5) is 0 Å². The van der Waals surface area contributed by atoms with E-state index in [1.165, 1.54) is 24.3 Å². The molecule has 0 aliphatic heterocycles. The number of nitrogens with zero attached hydrogens (tertiary/aromatic N) is 1. The van der Waals surface area contributed by atoms with E-state index in [4.69, 9.17) is 25.6 Å². The van der Waals surface area contributed by atoms with Crippen LogP contribution in [0.5, 0.6) is 5.75 Å². The lowest BCUT2D eigenvalue weighted by atomic mass is 10.0. The van der Waals surface area contributed by atoms with Crippen molar-refractivity contribution in [1.82, 2.24) is 5.06 Å². The monoisotopic (exact) mass is 569 g/mol. The average molecular weight is 570 g/mol. The molecule has 1 N–H and O–H groups in total. The molecule has 5 rings (SSSR count). The van der Waals surface area contributed by atoms with Crippen molar-refractivity contribution in [3.63, 3.8) is 0 Å². The van der Waals surface area contributed by atoms with E-state index in [9.17, 15) is 14.7 Å². The summed E-state index contributed by atoms with van der Waals surface area (Å²) in [5, 5.41) is 12.4. The number of ether oxygens (including phenoxy) is 1. The molecule has 1 atom stereocenters. The molecular formula is C33H28ClNO6. The van der Waals surface area contributed by atoms with Crippen LogP contribution in [0, 0.1) is 6.92 Å². The number of furan rings is 1. The van der Waals surface area contributed by atoms with Crippen molar-refractivity contribution in [1.29, 1.82) is 0 Å². The van der Waals surface area contributed by atoms with Crippen LogP contribution in [0.3, 0.4) is 0 Å². The number of hydrogen-bond donors (Lipinski definition) is 1. The van der Waals surface area contributed by atoms with Crippen LogP contribution in [-0.2, 0) is 27.3 Å². The number of hydroxylamine groups is 2. The smallest absolute Gasteiger partial charge is 0.393 e. The van der Waals surface area contributed by atoms with Crippen LogP contribution in [0.1, 0.15) is 27.2 Å². The summed E-state index contributed by atoms with van der Waals surface area (Å²) in [5.41, 5.74) is 5.04. The topological polar surface area (TPSA) is 89.2 Å². The Morgan fingerprint density at radius 1 is 0.878 bits per heavy atom. The maximum absolute atomic E-state index is 13.4. The Hall–Kier alpha value is -4.59. The molecule has 41 heavy (non-hydrogen) atoms. The van der Waals surface area contributed by atoms with Gasteiger partial charge in [-0.3, -0.25) is 4.79 Å². The Kier molecular flexibility index (Phi) is 8.38. The molecule has 0 bridgehead atoms. The zero-order valence-corrected chi connectivity index (χ0v) is 23.3. The quantitative estimate of drug-likeness (QED) is 0.149. The fourth-order valence-electron chi connectivity index (χ4n) is 4.48. The maximum Gasteiger partial charge on any atom is 0.393 e. The van der Waals surface area contributed by atoms with E-state index in [-0.39, 0.29) is 24.5 Å². The van der Waals surface area contributed by atoms with Crippen LogP contribution in [-0.4, -0.2) is 35.3 Å². The Labute approximate surface area is 242 Å². The standard InChI is InChI=1S/C33H28ClNO6/c1-21-3-5-23(6-4-21)20-35(29(32(37)39-2)17-22-7-15-28(36)16-8-22)41-33(38)31-19-26-10-9-25(18-30(26)40-31)24-11-13-27(34)14-12-24/h3-16,18-19,29,36H,17,20H2,1-2H3/t29-/m0/s1. The molecule has 0 saturated carbocycles. The highest BCUT2D eigenvalue weighted by atomic mass is 35.5. The summed E-state index contributed by atoms with van der Waals surface area (Å²) in [6.07, 6.45) is 0.177. The van der Waals surface area contributed by atoms with Crippen LogP contribution in [0.2, 0.25) is 5.02 Å². The molecule has 0 fully saturated rings. The van der Waals surface area contributed by atoms with Crippen LogP contribution in [0.15, 0.2) is 101 Å². The highest BCUT2D eigenvalue weighted by Gasteiger charge is 2.32. The number of esters is 1. The molecule has 4 aromatic carbocycles. The van der Waals surface area contributed by atoms with Gasteiger partial charge in [-0.05, 0) is 65.6 Å². The Bertz CT molecular complexity index is 1660. The normalized spacial score (nSPS) is 11.9. The molecule has 0 spiro atoms. The first-order valence-corrected chi connectivity index (χ1v) is 13.4. The average Bonchev–Trinajstić information content (AvgIpc) is 3.41. The number of phenols is 1. The Morgan fingerprint density at radius 3 is 2.22 bits per heavy atom. The van der Waals surface area contributed by atoms with E-state index >= 15 is 0 Å². The summed E-state index contributed by atoms with van der Waals surface area (Å²) in [7, 11) is 1.29.